The molecule has 0 atom stereocenters. The summed E-state index contributed by atoms with van der Waals surface area (Å²) < 4.78 is 31.4. The van der Waals surface area contributed by atoms with Crippen LogP contribution in [0.15, 0.2) is 12.1 Å². The lowest BCUT2D eigenvalue weighted by molar-refractivity contribution is -0.117. The fourth-order valence-corrected chi connectivity index (χ4v) is 1.33. The van der Waals surface area contributed by atoms with E-state index >= 15 is 0 Å². The first-order valence-corrected chi connectivity index (χ1v) is 5.55. The molecule has 7 heteroatoms. The van der Waals surface area contributed by atoms with E-state index in [9.17, 15) is 18.4 Å². The summed E-state index contributed by atoms with van der Waals surface area (Å²) in [6.07, 6.45) is -0.00688. The number of halogens is 2. The van der Waals surface area contributed by atoms with E-state index in [1.165, 1.54) is 0 Å². The SMILES string of the molecule is CCOCCC(=O)Nc1cc(C(=O)O)c(F)cc1F. The monoisotopic (exact) mass is 273 g/mol. The number of amides is 1. The van der Waals surface area contributed by atoms with Gasteiger partial charge in [-0.15, -0.1) is 0 Å². The van der Waals surface area contributed by atoms with Gasteiger partial charge in [-0.1, -0.05) is 0 Å². The number of benzene rings is 1. The van der Waals surface area contributed by atoms with E-state index in [0.717, 1.165) is 6.07 Å². The zero-order valence-corrected chi connectivity index (χ0v) is 10.2. The van der Waals surface area contributed by atoms with Crippen LogP contribution in [0.3, 0.4) is 0 Å². The first-order valence-electron chi connectivity index (χ1n) is 5.55. The summed E-state index contributed by atoms with van der Waals surface area (Å²) >= 11 is 0. The van der Waals surface area contributed by atoms with Crippen LogP contribution >= 0.6 is 0 Å². The van der Waals surface area contributed by atoms with Gasteiger partial charge in [0.15, 0.2) is 0 Å². The second kappa shape index (κ2) is 6.79. The normalized spacial score (nSPS) is 10.3. The van der Waals surface area contributed by atoms with Crippen molar-refractivity contribution < 1.29 is 28.2 Å². The number of hydrogen-bond acceptors (Lipinski definition) is 3. The van der Waals surface area contributed by atoms with Gasteiger partial charge >= 0.3 is 5.97 Å². The molecule has 104 valence electrons. The van der Waals surface area contributed by atoms with Crippen LogP contribution in [0.25, 0.3) is 0 Å². The van der Waals surface area contributed by atoms with E-state index < -0.39 is 29.1 Å². The Bertz CT molecular complexity index is 491. The highest BCUT2D eigenvalue weighted by Gasteiger charge is 2.16. The maximum absolute atomic E-state index is 13.4. The smallest absolute Gasteiger partial charge is 0.338 e. The van der Waals surface area contributed by atoms with Crippen molar-refractivity contribution >= 4 is 17.6 Å². The summed E-state index contributed by atoms with van der Waals surface area (Å²) in [5.41, 5.74) is -1.08. The Morgan fingerprint density at radius 1 is 1.32 bits per heavy atom. The number of carboxylic acids is 1. The maximum Gasteiger partial charge on any atom is 0.338 e. The van der Waals surface area contributed by atoms with Crippen LogP contribution in [0.4, 0.5) is 14.5 Å². The number of ether oxygens (including phenoxy) is 1. The Labute approximate surface area is 108 Å². The molecule has 1 rings (SSSR count). The Hall–Kier alpha value is -2.02. The quantitative estimate of drug-likeness (QED) is 0.777. The number of carbonyl (C=O) groups is 2. The Morgan fingerprint density at radius 3 is 2.58 bits per heavy atom. The van der Waals surface area contributed by atoms with Crippen LogP contribution in [0.2, 0.25) is 0 Å². The number of anilines is 1. The third kappa shape index (κ3) is 4.29. The molecule has 0 spiro atoms. The fourth-order valence-electron chi connectivity index (χ4n) is 1.33. The average molecular weight is 273 g/mol. The van der Waals surface area contributed by atoms with Gasteiger partial charge in [0.05, 0.1) is 24.3 Å². The van der Waals surface area contributed by atoms with Crippen LogP contribution in [0.5, 0.6) is 0 Å². The van der Waals surface area contributed by atoms with Crippen molar-refractivity contribution in [3.63, 3.8) is 0 Å². The molecule has 1 aromatic rings. The first kappa shape index (κ1) is 15.0. The van der Waals surface area contributed by atoms with Crippen molar-refractivity contribution in [1.82, 2.24) is 0 Å². The largest absolute Gasteiger partial charge is 0.478 e. The Morgan fingerprint density at radius 2 is 2.00 bits per heavy atom. The fraction of sp³-hybridized carbons (Fsp3) is 0.333. The summed E-state index contributed by atoms with van der Waals surface area (Å²) in [5.74, 6) is -4.32. The third-order valence-electron chi connectivity index (χ3n) is 2.24. The molecule has 0 bridgehead atoms. The lowest BCUT2D eigenvalue weighted by atomic mass is 10.1. The van der Waals surface area contributed by atoms with Gasteiger partial charge in [0.25, 0.3) is 0 Å². The summed E-state index contributed by atoms with van der Waals surface area (Å²) in [5, 5.41) is 10.9. The van der Waals surface area contributed by atoms with E-state index in [4.69, 9.17) is 9.84 Å². The van der Waals surface area contributed by atoms with Crippen LogP contribution in [0.1, 0.15) is 23.7 Å². The molecular formula is C12H13F2NO4. The molecule has 0 saturated carbocycles. The van der Waals surface area contributed by atoms with Gasteiger partial charge in [0, 0.05) is 12.7 Å². The summed E-state index contributed by atoms with van der Waals surface area (Å²) in [6, 6.07) is 1.16. The molecule has 19 heavy (non-hydrogen) atoms. The number of hydrogen-bond donors (Lipinski definition) is 2. The lowest BCUT2D eigenvalue weighted by Gasteiger charge is -2.08. The summed E-state index contributed by atoms with van der Waals surface area (Å²) in [4.78, 5) is 22.1. The van der Waals surface area contributed by atoms with Crippen molar-refractivity contribution in [1.29, 1.82) is 0 Å². The number of carboxylic acid groups (broad SMARTS) is 1. The topological polar surface area (TPSA) is 75.6 Å². The van der Waals surface area contributed by atoms with E-state index in [2.05, 4.69) is 5.32 Å². The molecular weight excluding hydrogens is 260 g/mol. The van der Waals surface area contributed by atoms with Crippen LogP contribution in [-0.2, 0) is 9.53 Å². The van der Waals surface area contributed by atoms with E-state index in [1.54, 1.807) is 6.92 Å². The predicted molar refractivity (Wildman–Crippen MR) is 63.1 cm³/mol. The number of carbonyl (C=O) groups excluding carboxylic acids is 1. The molecule has 0 unspecified atom stereocenters. The molecule has 0 heterocycles. The highest BCUT2D eigenvalue weighted by Crippen LogP contribution is 2.19. The molecule has 0 aliphatic heterocycles. The molecule has 0 radical (unpaired) electrons. The highest BCUT2D eigenvalue weighted by atomic mass is 19.1. The van der Waals surface area contributed by atoms with E-state index in [0.29, 0.717) is 12.7 Å². The second-order valence-corrected chi connectivity index (χ2v) is 3.61. The van der Waals surface area contributed by atoms with Crippen LogP contribution in [0, 0.1) is 11.6 Å². The van der Waals surface area contributed by atoms with Crippen molar-refractivity contribution in [3.05, 3.63) is 29.3 Å². The maximum atomic E-state index is 13.4. The zero-order valence-electron chi connectivity index (χ0n) is 10.2. The minimum atomic E-state index is -1.54. The number of nitrogens with one attached hydrogen (secondary N) is 1. The minimum Gasteiger partial charge on any atom is -0.478 e. The second-order valence-electron chi connectivity index (χ2n) is 3.61. The minimum absolute atomic E-state index is 0.00688. The molecule has 5 nitrogen and oxygen atoms in total. The van der Waals surface area contributed by atoms with Gasteiger partial charge in [-0.05, 0) is 13.0 Å². The molecule has 0 aliphatic rings. The van der Waals surface area contributed by atoms with Gasteiger partial charge in [0.1, 0.15) is 11.6 Å². The van der Waals surface area contributed by atoms with E-state index in [-0.39, 0.29) is 18.7 Å². The Balaban J connectivity index is 2.80. The lowest BCUT2D eigenvalue weighted by Crippen LogP contribution is -2.16. The molecule has 0 saturated heterocycles. The zero-order chi connectivity index (χ0) is 14.4. The molecule has 0 fully saturated rings. The predicted octanol–water partition coefficient (Wildman–Crippen LogP) is 2.03. The number of rotatable bonds is 6. The van der Waals surface area contributed by atoms with Crippen molar-refractivity contribution in [2.45, 2.75) is 13.3 Å². The molecule has 0 aromatic heterocycles. The Kier molecular flexibility index (Phi) is 5.37. The van der Waals surface area contributed by atoms with Gasteiger partial charge in [0.2, 0.25) is 5.91 Å². The molecule has 1 aromatic carbocycles. The van der Waals surface area contributed by atoms with Crippen LogP contribution in [-0.4, -0.2) is 30.2 Å². The molecule has 1 amide bonds. The van der Waals surface area contributed by atoms with Gasteiger partial charge in [-0.2, -0.15) is 0 Å². The van der Waals surface area contributed by atoms with Gasteiger partial charge in [-0.3, -0.25) is 4.79 Å². The standard InChI is InChI=1S/C12H13F2NO4/c1-2-19-4-3-11(16)15-10-5-7(12(17)18)8(13)6-9(10)14/h5-6H,2-4H2,1H3,(H,15,16)(H,17,18). The first-order chi connectivity index (χ1) is 8.95. The van der Waals surface area contributed by atoms with Gasteiger partial charge < -0.3 is 15.2 Å². The molecule has 2 N–H and O–H groups in total. The van der Waals surface area contributed by atoms with Gasteiger partial charge in [-0.25, -0.2) is 13.6 Å². The van der Waals surface area contributed by atoms with E-state index in [1.807, 2.05) is 0 Å². The van der Waals surface area contributed by atoms with Crippen molar-refractivity contribution in [2.75, 3.05) is 18.5 Å². The average Bonchev–Trinajstić information content (AvgIpc) is 2.32. The molecule has 0 aliphatic carbocycles. The van der Waals surface area contributed by atoms with Crippen LogP contribution < -0.4 is 5.32 Å². The number of aromatic carboxylic acids is 1. The summed E-state index contributed by atoms with van der Waals surface area (Å²) in [7, 11) is 0. The van der Waals surface area contributed by atoms with Crippen molar-refractivity contribution in [3.8, 4) is 0 Å². The third-order valence-corrected chi connectivity index (χ3v) is 2.24. The highest BCUT2D eigenvalue weighted by molar-refractivity contribution is 5.94. The van der Waals surface area contributed by atoms with Crippen molar-refractivity contribution in [2.24, 2.45) is 0 Å². The summed E-state index contributed by atoms with van der Waals surface area (Å²) in [6.45, 7) is 2.37.